The summed E-state index contributed by atoms with van der Waals surface area (Å²) in [6, 6.07) is 4.71. The normalized spacial score (nSPS) is 31.8. The molecule has 16 heavy (non-hydrogen) atoms. The molecule has 1 saturated heterocycles. The van der Waals surface area contributed by atoms with Gasteiger partial charge in [0.25, 0.3) is 0 Å². The summed E-state index contributed by atoms with van der Waals surface area (Å²) in [5, 5.41) is 3.23. The number of nitrogens with one attached hydrogen (secondary N) is 1. The predicted octanol–water partition coefficient (Wildman–Crippen LogP) is 2.41. The average Bonchev–Trinajstić information content (AvgIpc) is 3.01. The fraction of sp³-hybridized carbons (Fsp3) is 0.417. The summed E-state index contributed by atoms with van der Waals surface area (Å²) >= 11 is 5.26. The van der Waals surface area contributed by atoms with E-state index >= 15 is 0 Å². The third-order valence-electron chi connectivity index (χ3n) is 3.51. The van der Waals surface area contributed by atoms with Crippen molar-refractivity contribution in [2.75, 3.05) is 5.73 Å². The van der Waals surface area contributed by atoms with Crippen LogP contribution in [0.1, 0.15) is 24.4 Å². The fourth-order valence-corrected chi connectivity index (χ4v) is 2.93. The van der Waals surface area contributed by atoms with Crippen LogP contribution >= 0.6 is 12.2 Å². The topological polar surface area (TPSA) is 38.0 Å². The number of nitrogen functional groups attached to an aromatic ring is 1. The number of nitrogens with two attached hydrogens (primary N) is 1. The SMILES string of the molecule is Nc1ccc(F)c(C2CC3CC3C(=S)N2)c1. The molecule has 84 valence electrons. The quantitative estimate of drug-likeness (QED) is 0.581. The zero-order valence-corrected chi connectivity index (χ0v) is 9.56. The van der Waals surface area contributed by atoms with Crippen molar-refractivity contribution in [1.29, 1.82) is 0 Å². The maximum Gasteiger partial charge on any atom is 0.128 e. The molecule has 2 aliphatic rings. The summed E-state index contributed by atoms with van der Waals surface area (Å²) in [5.41, 5.74) is 6.93. The Morgan fingerprint density at radius 2 is 2.19 bits per heavy atom. The highest BCUT2D eigenvalue weighted by Crippen LogP contribution is 2.49. The van der Waals surface area contributed by atoms with Gasteiger partial charge in [-0.2, -0.15) is 0 Å². The van der Waals surface area contributed by atoms with E-state index in [2.05, 4.69) is 5.32 Å². The molecule has 2 nitrogen and oxygen atoms in total. The third kappa shape index (κ3) is 1.57. The number of rotatable bonds is 1. The lowest BCUT2D eigenvalue weighted by molar-refractivity contribution is 0.482. The van der Waals surface area contributed by atoms with Gasteiger partial charge in [0.2, 0.25) is 0 Å². The van der Waals surface area contributed by atoms with Gasteiger partial charge in [0.05, 0.1) is 11.0 Å². The van der Waals surface area contributed by atoms with Crippen molar-refractivity contribution in [3.05, 3.63) is 29.6 Å². The number of hydrogen-bond acceptors (Lipinski definition) is 2. The maximum absolute atomic E-state index is 13.7. The molecule has 4 heteroatoms. The van der Waals surface area contributed by atoms with Crippen molar-refractivity contribution in [3.63, 3.8) is 0 Å². The Balaban J connectivity index is 1.91. The van der Waals surface area contributed by atoms with E-state index in [9.17, 15) is 4.39 Å². The highest BCUT2D eigenvalue weighted by Gasteiger charge is 2.46. The Labute approximate surface area is 99.0 Å². The molecule has 3 unspecified atom stereocenters. The fourth-order valence-electron chi connectivity index (χ4n) is 2.50. The van der Waals surface area contributed by atoms with Crippen LogP contribution in [0.5, 0.6) is 0 Å². The highest BCUT2D eigenvalue weighted by atomic mass is 32.1. The van der Waals surface area contributed by atoms with Gasteiger partial charge in [-0.05, 0) is 37.0 Å². The van der Waals surface area contributed by atoms with E-state index in [4.69, 9.17) is 18.0 Å². The molecular formula is C12H13FN2S. The molecule has 1 aliphatic heterocycles. The van der Waals surface area contributed by atoms with Crippen LogP contribution in [0.2, 0.25) is 0 Å². The molecular weight excluding hydrogens is 223 g/mol. The lowest BCUT2D eigenvalue weighted by Crippen LogP contribution is -2.33. The lowest BCUT2D eigenvalue weighted by Gasteiger charge is -2.25. The van der Waals surface area contributed by atoms with Gasteiger partial charge in [-0.1, -0.05) is 12.2 Å². The van der Waals surface area contributed by atoms with E-state index in [1.165, 1.54) is 6.07 Å². The number of benzene rings is 1. The molecule has 0 bridgehead atoms. The molecule has 0 spiro atoms. The van der Waals surface area contributed by atoms with Gasteiger partial charge in [0.15, 0.2) is 0 Å². The van der Waals surface area contributed by atoms with Gasteiger partial charge in [0, 0.05) is 17.2 Å². The van der Waals surface area contributed by atoms with Crippen LogP contribution in [0.15, 0.2) is 18.2 Å². The molecule has 3 N–H and O–H groups in total. The highest BCUT2D eigenvalue weighted by molar-refractivity contribution is 7.80. The Hall–Kier alpha value is -1.16. The molecule has 1 aliphatic carbocycles. The summed E-state index contributed by atoms with van der Waals surface area (Å²) in [6.45, 7) is 0. The molecule has 0 amide bonds. The second-order valence-corrected chi connectivity index (χ2v) is 5.12. The number of thiocarbonyl (C=S) groups is 1. The van der Waals surface area contributed by atoms with Crippen molar-refractivity contribution in [1.82, 2.24) is 5.32 Å². The van der Waals surface area contributed by atoms with E-state index < -0.39 is 0 Å². The summed E-state index contributed by atoms with van der Waals surface area (Å²) in [4.78, 5) is 0.892. The van der Waals surface area contributed by atoms with E-state index in [0.717, 1.165) is 17.8 Å². The van der Waals surface area contributed by atoms with Gasteiger partial charge in [-0.3, -0.25) is 0 Å². The minimum Gasteiger partial charge on any atom is -0.399 e. The molecule has 1 heterocycles. The molecule has 1 aromatic rings. The zero-order valence-electron chi connectivity index (χ0n) is 8.74. The standard InChI is InChI=1S/C12H13FN2S/c13-10-2-1-7(14)5-9(10)11-4-6-3-8(6)12(16)15-11/h1-2,5-6,8,11H,3-4,14H2,(H,15,16). The van der Waals surface area contributed by atoms with Crippen molar-refractivity contribution in [2.24, 2.45) is 11.8 Å². The molecule has 2 fully saturated rings. The Bertz CT molecular complexity index is 460. The van der Waals surface area contributed by atoms with Gasteiger partial charge in [-0.25, -0.2) is 4.39 Å². The van der Waals surface area contributed by atoms with Gasteiger partial charge in [0.1, 0.15) is 5.82 Å². The van der Waals surface area contributed by atoms with Crippen LogP contribution in [0, 0.1) is 17.7 Å². The van der Waals surface area contributed by atoms with Gasteiger partial charge >= 0.3 is 0 Å². The predicted molar refractivity (Wildman–Crippen MR) is 65.5 cm³/mol. The molecule has 3 atom stereocenters. The number of anilines is 1. The first-order chi connectivity index (χ1) is 7.65. The minimum absolute atomic E-state index is 0.000231. The molecule has 0 aromatic heterocycles. The van der Waals surface area contributed by atoms with E-state index in [1.54, 1.807) is 12.1 Å². The first kappa shape index (κ1) is 10.0. The van der Waals surface area contributed by atoms with Crippen LogP contribution in [-0.2, 0) is 0 Å². The molecule has 1 saturated carbocycles. The largest absolute Gasteiger partial charge is 0.399 e. The van der Waals surface area contributed by atoms with Crippen LogP contribution in [0.3, 0.4) is 0 Å². The number of halogens is 1. The average molecular weight is 236 g/mol. The smallest absolute Gasteiger partial charge is 0.128 e. The molecule has 1 aromatic carbocycles. The van der Waals surface area contributed by atoms with Crippen molar-refractivity contribution in [2.45, 2.75) is 18.9 Å². The number of hydrogen-bond donors (Lipinski definition) is 2. The Kier molecular flexibility index (Phi) is 2.14. The number of fused-ring (bicyclic) bond motifs is 1. The van der Waals surface area contributed by atoms with Crippen molar-refractivity contribution in [3.8, 4) is 0 Å². The van der Waals surface area contributed by atoms with Crippen LogP contribution in [-0.4, -0.2) is 4.99 Å². The molecule has 3 rings (SSSR count). The van der Waals surface area contributed by atoms with E-state index in [0.29, 0.717) is 23.1 Å². The van der Waals surface area contributed by atoms with Crippen LogP contribution in [0.4, 0.5) is 10.1 Å². The molecule has 0 radical (unpaired) electrons. The zero-order chi connectivity index (χ0) is 11.3. The lowest BCUT2D eigenvalue weighted by atomic mass is 9.96. The second-order valence-electron chi connectivity index (χ2n) is 4.68. The van der Waals surface area contributed by atoms with Crippen LogP contribution < -0.4 is 11.1 Å². The first-order valence-electron chi connectivity index (χ1n) is 5.50. The van der Waals surface area contributed by atoms with E-state index in [-0.39, 0.29) is 11.9 Å². The monoisotopic (exact) mass is 236 g/mol. The first-order valence-corrected chi connectivity index (χ1v) is 5.91. The summed E-state index contributed by atoms with van der Waals surface area (Å²) in [5.74, 6) is 1.00. The third-order valence-corrected chi connectivity index (χ3v) is 3.93. The van der Waals surface area contributed by atoms with Gasteiger partial charge in [-0.15, -0.1) is 0 Å². The van der Waals surface area contributed by atoms with Crippen molar-refractivity contribution < 1.29 is 4.39 Å². The minimum atomic E-state index is -0.200. The Morgan fingerprint density at radius 3 is 2.94 bits per heavy atom. The second kappa shape index (κ2) is 3.42. The van der Waals surface area contributed by atoms with E-state index in [1.807, 2.05) is 0 Å². The summed E-state index contributed by atoms with van der Waals surface area (Å²) in [7, 11) is 0. The maximum atomic E-state index is 13.7. The van der Waals surface area contributed by atoms with Gasteiger partial charge < -0.3 is 11.1 Å². The summed E-state index contributed by atoms with van der Waals surface area (Å²) in [6.07, 6.45) is 2.12. The van der Waals surface area contributed by atoms with Crippen molar-refractivity contribution >= 4 is 22.9 Å². The summed E-state index contributed by atoms with van der Waals surface area (Å²) < 4.78 is 13.7. The van der Waals surface area contributed by atoms with Crippen LogP contribution in [0.25, 0.3) is 0 Å². The number of piperidine rings is 1. The Morgan fingerprint density at radius 1 is 1.38 bits per heavy atom.